The molecule has 108 valence electrons. The van der Waals surface area contributed by atoms with Gasteiger partial charge in [0.15, 0.2) is 0 Å². The van der Waals surface area contributed by atoms with Crippen LogP contribution in [0, 0.1) is 13.8 Å². The molecule has 2 N–H and O–H groups in total. The van der Waals surface area contributed by atoms with Crippen molar-refractivity contribution in [3.05, 3.63) is 17.5 Å². The zero-order valence-electron chi connectivity index (χ0n) is 12.4. The first kappa shape index (κ1) is 14.5. The first-order valence-corrected chi connectivity index (χ1v) is 7.36. The number of nitrogens with zero attached hydrogens (tertiary/aromatic N) is 3. The number of aryl methyl sites for hydroxylation is 2. The molecule has 1 fully saturated rings. The van der Waals surface area contributed by atoms with Crippen LogP contribution in [0.15, 0.2) is 6.20 Å². The Balaban J connectivity index is 1.98. The molecule has 1 atom stereocenters. The van der Waals surface area contributed by atoms with Crippen molar-refractivity contribution >= 4 is 0 Å². The molecule has 1 unspecified atom stereocenters. The van der Waals surface area contributed by atoms with Gasteiger partial charge in [0, 0.05) is 45.0 Å². The van der Waals surface area contributed by atoms with Gasteiger partial charge < -0.3 is 15.5 Å². The fraction of sp³-hybridized carbons (Fsp3) is 0.786. The molecule has 1 aromatic rings. The molecule has 0 spiro atoms. The van der Waals surface area contributed by atoms with E-state index in [0.29, 0.717) is 6.04 Å². The lowest BCUT2D eigenvalue weighted by Gasteiger charge is -2.25. The van der Waals surface area contributed by atoms with Crippen LogP contribution in [0.2, 0.25) is 0 Å². The van der Waals surface area contributed by atoms with Crippen LogP contribution < -0.4 is 10.6 Å². The van der Waals surface area contributed by atoms with E-state index in [0.717, 1.165) is 51.5 Å². The molecule has 0 saturated carbocycles. The maximum absolute atomic E-state index is 4.58. The third-order valence-corrected chi connectivity index (χ3v) is 3.86. The summed E-state index contributed by atoms with van der Waals surface area (Å²) in [5.74, 6) is 0. The fourth-order valence-electron chi connectivity index (χ4n) is 2.54. The van der Waals surface area contributed by atoms with Gasteiger partial charge in [-0.05, 0) is 26.0 Å². The van der Waals surface area contributed by atoms with Crippen molar-refractivity contribution in [3.8, 4) is 0 Å². The van der Waals surface area contributed by atoms with Gasteiger partial charge in [-0.25, -0.2) is 0 Å². The van der Waals surface area contributed by atoms with E-state index < -0.39 is 0 Å². The third-order valence-electron chi connectivity index (χ3n) is 3.86. The maximum Gasteiger partial charge on any atom is 0.0622 e. The summed E-state index contributed by atoms with van der Waals surface area (Å²) in [6.07, 6.45) is 2.15. The van der Waals surface area contributed by atoms with Crippen LogP contribution in [0.4, 0.5) is 0 Å². The van der Waals surface area contributed by atoms with E-state index in [-0.39, 0.29) is 0 Å². The van der Waals surface area contributed by atoms with E-state index in [4.69, 9.17) is 0 Å². The molecule has 2 heterocycles. The predicted octanol–water partition coefficient (Wildman–Crippen LogP) is 0.383. The van der Waals surface area contributed by atoms with Gasteiger partial charge >= 0.3 is 0 Å². The largest absolute Gasteiger partial charge is 0.314 e. The molecule has 1 aliphatic heterocycles. The van der Waals surface area contributed by atoms with Gasteiger partial charge in [-0.3, -0.25) is 4.68 Å². The lowest BCUT2D eigenvalue weighted by atomic mass is 10.2. The van der Waals surface area contributed by atoms with Gasteiger partial charge in [0.2, 0.25) is 0 Å². The molecule has 2 rings (SSSR count). The van der Waals surface area contributed by atoms with E-state index in [1.807, 2.05) is 0 Å². The molecule has 0 aromatic carbocycles. The Bertz CT molecular complexity index is 368. The average Bonchev–Trinajstić information content (AvgIpc) is 2.75. The lowest BCUT2D eigenvalue weighted by Crippen LogP contribution is -2.44. The molecule has 0 aliphatic carbocycles. The molecule has 0 amide bonds. The van der Waals surface area contributed by atoms with Gasteiger partial charge in [-0.2, -0.15) is 5.10 Å². The molecule has 5 heteroatoms. The topological polar surface area (TPSA) is 45.1 Å². The van der Waals surface area contributed by atoms with E-state index in [2.05, 4.69) is 52.3 Å². The minimum atomic E-state index is 0.471. The zero-order chi connectivity index (χ0) is 13.7. The quantitative estimate of drug-likeness (QED) is 0.829. The number of likely N-dealkylation sites (N-methyl/N-ethyl adjacent to an activating group) is 1. The Kier molecular flexibility index (Phi) is 5.36. The summed E-state index contributed by atoms with van der Waals surface area (Å²) in [6.45, 7) is 13.9. The van der Waals surface area contributed by atoms with Crippen molar-refractivity contribution in [1.82, 2.24) is 25.3 Å². The van der Waals surface area contributed by atoms with Crippen LogP contribution in [-0.2, 0) is 6.54 Å². The van der Waals surface area contributed by atoms with Crippen molar-refractivity contribution in [3.63, 3.8) is 0 Å². The minimum Gasteiger partial charge on any atom is -0.314 e. The fourth-order valence-corrected chi connectivity index (χ4v) is 2.54. The number of aromatic nitrogens is 2. The van der Waals surface area contributed by atoms with Crippen molar-refractivity contribution in [1.29, 1.82) is 0 Å². The molecule has 5 nitrogen and oxygen atoms in total. The first-order chi connectivity index (χ1) is 9.19. The zero-order valence-corrected chi connectivity index (χ0v) is 12.4. The van der Waals surface area contributed by atoms with Crippen LogP contribution >= 0.6 is 0 Å². The molecular weight excluding hydrogens is 238 g/mol. The molecule has 0 bridgehead atoms. The van der Waals surface area contributed by atoms with Crippen LogP contribution in [0.25, 0.3) is 0 Å². The highest BCUT2D eigenvalue weighted by Crippen LogP contribution is 2.05. The molecule has 1 aromatic heterocycles. The normalized spacial score (nSPS) is 22.8. The molecule has 0 radical (unpaired) electrons. The summed E-state index contributed by atoms with van der Waals surface area (Å²) in [5.41, 5.74) is 2.41. The van der Waals surface area contributed by atoms with Gasteiger partial charge in [0.25, 0.3) is 0 Å². The first-order valence-electron chi connectivity index (χ1n) is 7.36. The summed E-state index contributed by atoms with van der Waals surface area (Å²) >= 11 is 0. The highest BCUT2D eigenvalue weighted by Gasteiger charge is 2.15. The predicted molar refractivity (Wildman–Crippen MR) is 78.5 cm³/mol. The minimum absolute atomic E-state index is 0.471. The van der Waals surface area contributed by atoms with Gasteiger partial charge in [0.05, 0.1) is 12.2 Å². The van der Waals surface area contributed by atoms with Crippen LogP contribution in [0.5, 0.6) is 0 Å². The van der Waals surface area contributed by atoms with Gasteiger partial charge in [-0.1, -0.05) is 6.92 Å². The van der Waals surface area contributed by atoms with Crippen molar-refractivity contribution in [2.75, 3.05) is 39.3 Å². The molecular formula is C14H27N5. The average molecular weight is 265 g/mol. The monoisotopic (exact) mass is 265 g/mol. The Morgan fingerprint density at radius 1 is 1.32 bits per heavy atom. The second kappa shape index (κ2) is 7.03. The van der Waals surface area contributed by atoms with Crippen molar-refractivity contribution in [2.45, 2.75) is 33.4 Å². The highest BCUT2D eigenvalue weighted by molar-refractivity contribution is 5.12. The standard InChI is InChI=1S/C14H27N5/c1-4-18-8-7-15-5-6-16-14(10-18)11-19-9-12(2)13(3)17-19/h9,14-16H,4-8,10-11H2,1-3H3. The summed E-state index contributed by atoms with van der Waals surface area (Å²) in [6, 6.07) is 0.471. The van der Waals surface area contributed by atoms with Crippen LogP contribution in [-0.4, -0.2) is 60.0 Å². The van der Waals surface area contributed by atoms with Crippen molar-refractivity contribution < 1.29 is 0 Å². The number of rotatable bonds is 3. The molecule has 1 saturated heterocycles. The second-order valence-corrected chi connectivity index (χ2v) is 5.41. The molecule has 19 heavy (non-hydrogen) atoms. The van der Waals surface area contributed by atoms with Crippen molar-refractivity contribution in [2.24, 2.45) is 0 Å². The van der Waals surface area contributed by atoms with E-state index in [9.17, 15) is 0 Å². The number of hydrogen-bond donors (Lipinski definition) is 2. The van der Waals surface area contributed by atoms with E-state index >= 15 is 0 Å². The Morgan fingerprint density at radius 2 is 2.16 bits per heavy atom. The smallest absolute Gasteiger partial charge is 0.0622 e. The molecule has 1 aliphatic rings. The summed E-state index contributed by atoms with van der Waals surface area (Å²) in [7, 11) is 0. The lowest BCUT2D eigenvalue weighted by molar-refractivity contribution is 0.248. The number of hydrogen-bond acceptors (Lipinski definition) is 4. The highest BCUT2D eigenvalue weighted by atomic mass is 15.3. The van der Waals surface area contributed by atoms with Gasteiger partial charge in [-0.15, -0.1) is 0 Å². The summed E-state index contributed by atoms with van der Waals surface area (Å²) in [5, 5.41) is 11.7. The van der Waals surface area contributed by atoms with Crippen LogP contribution in [0.1, 0.15) is 18.2 Å². The Labute approximate surface area is 116 Å². The van der Waals surface area contributed by atoms with Crippen LogP contribution in [0.3, 0.4) is 0 Å². The van der Waals surface area contributed by atoms with Gasteiger partial charge in [0.1, 0.15) is 0 Å². The SMILES string of the molecule is CCN1CCNCCNC(Cn2cc(C)c(C)n2)C1. The van der Waals surface area contributed by atoms with E-state index in [1.54, 1.807) is 0 Å². The second-order valence-electron chi connectivity index (χ2n) is 5.41. The maximum atomic E-state index is 4.58. The Hall–Kier alpha value is -0.910. The number of nitrogens with one attached hydrogen (secondary N) is 2. The third kappa shape index (κ3) is 4.30. The summed E-state index contributed by atoms with van der Waals surface area (Å²) < 4.78 is 2.08. The summed E-state index contributed by atoms with van der Waals surface area (Å²) in [4.78, 5) is 2.50. The Morgan fingerprint density at radius 3 is 2.84 bits per heavy atom. The van der Waals surface area contributed by atoms with E-state index in [1.165, 1.54) is 5.56 Å².